The van der Waals surface area contributed by atoms with Crippen LogP contribution in [0.2, 0.25) is 5.15 Å². The Balaban J connectivity index is 1.34. The molecule has 12 heteroatoms. The number of fused-ring (bicyclic) bond motifs is 1. The average Bonchev–Trinajstić information content (AvgIpc) is 3.38. The SMILES string of the molecule is CCC(C(=O)O)c1ccc(OC2CCN(CC(O)(c3cn(Cc4ccccc4)c4c(Cl)nccc34)C(F)(F)F)CC2)c(OC)c1. The molecule has 0 aliphatic carbocycles. The quantitative estimate of drug-likeness (QED) is 0.177. The minimum Gasteiger partial charge on any atom is -0.493 e. The highest BCUT2D eigenvalue weighted by Crippen LogP contribution is 2.44. The van der Waals surface area contributed by atoms with Crippen molar-refractivity contribution in [1.29, 1.82) is 0 Å². The first-order valence-electron chi connectivity index (χ1n) is 14.7. The van der Waals surface area contributed by atoms with Gasteiger partial charge >= 0.3 is 12.1 Å². The van der Waals surface area contributed by atoms with Gasteiger partial charge in [-0.3, -0.25) is 9.69 Å². The van der Waals surface area contributed by atoms with Crippen LogP contribution in [0.15, 0.2) is 67.0 Å². The van der Waals surface area contributed by atoms with Crippen molar-refractivity contribution in [2.75, 3.05) is 26.7 Å². The smallest absolute Gasteiger partial charge is 0.422 e. The molecule has 240 valence electrons. The van der Waals surface area contributed by atoms with Gasteiger partial charge in [0.05, 0.1) is 18.5 Å². The van der Waals surface area contributed by atoms with Gasteiger partial charge in [0, 0.05) is 49.5 Å². The number of hydrogen-bond donors (Lipinski definition) is 2. The van der Waals surface area contributed by atoms with Crippen LogP contribution in [0.1, 0.15) is 48.8 Å². The highest BCUT2D eigenvalue weighted by atomic mass is 35.5. The standard InChI is InChI=1S/C33H35ClF3N3O5/c1-3-24(31(41)42)22-9-10-27(28(17-22)44-2)45-23-12-15-39(16-13-23)20-32(43,33(35,36)37)26-19-40(18-21-7-5-4-6-8-21)29-25(26)11-14-38-30(29)34/h4-11,14,17,19,23-24,43H,3,12-13,15-16,18,20H2,1-2H3,(H,41,42). The summed E-state index contributed by atoms with van der Waals surface area (Å²) in [4.78, 5) is 17.3. The maximum absolute atomic E-state index is 14.8. The Hall–Kier alpha value is -3.80. The van der Waals surface area contributed by atoms with E-state index in [1.54, 1.807) is 34.6 Å². The number of aliphatic carboxylic acids is 1. The van der Waals surface area contributed by atoms with Crippen molar-refractivity contribution >= 4 is 28.5 Å². The Morgan fingerprint density at radius 1 is 1.11 bits per heavy atom. The summed E-state index contributed by atoms with van der Waals surface area (Å²) in [5, 5.41) is 21.2. The van der Waals surface area contributed by atoms with Gasteiger partial charge in [-0.25, -0.2) is 4.98 Å². The molecule has 8 nitrogen and oxygen atoms in total. The first-order chi connectivity index (χ1) is 21.4. The molecule has 1 saturated heterocycles. The van der Waals surface area contributed by atoms with E-state index >= 15 is 0 Å². The topological polar surface area (TPSA) is 97.1 Å². The first kappa shape index (κ1) is 32.6. The molecule has 0 radical (unpaired) electrons. The molecule has 2 aromatic heterocycles. The predicted octanol–water partition coefficient (Wildman–Crippen LogP) is 6.62. The van der Waals surface area contributed by atoms with Gasteiger partial charge < -0.3 is 24.3 Å². The van der Waals surface area contributed by atoms with Gasteiger partial charge in [0.2, 0.25) is 5.60 Å². The third kappa shape index (κ3) is 6.75. The number of methoxy groups -OCH3 is 1. The van der Waals surface area contributed by atoms with Crippen molar-refractivity contribution in [3.8, 4) is 11.5 Å². The molecule has 1 fully saturated rings. The molecule has 0 amide bonds. The van der Waals surface area contributed by atoms with Crippen molar-refractivity contribution in [1.82, 2.24) is 14.5 Å². The minimum atomic E-state index is -4.98. The Labute approximate surface area is 264 Å². The van der Waals surface area contributed by atoms with Crippen molar-refractivity contribution < 1.29 is 37.7 Å². The number of aliphatic hydroxyl groups is 1. The number of likely N-dealkylation sites (tertiary alicyclic amines) is 1. The molecule has 1 aliphatic heterocycles. The summed E-state index contributed by atoms with van der Waals surface area (Å²) < 4.78 is 57.7. The van der Waals surface area contributed by atoms with E-state index in [1.165, 1.54) is 25.6 Å². The molecule has 2 atom stereocenters. The second kappa shape index (κ2) is 13.3. The number of piperidine rings is 1. The van der Waals surface area contributed by atoms with E-state index in [2.05, 4.69) is 4.98 Å². The molecule has 5 rings (SSSR count). The fraction of sp³-hybridized carbons (Fsp3) is 0.394. The first-order valence-corrected chi connectivity index (χ1v) is 15.1. The molecular weight excluding hydrogens is 611 g/mol. The number of benzene rings is 2. The van der Waals surface area contributed by atoms with Gasteiger partial charge in [-0.15, -0.1) is 0 Å². The Morgan fingerprint density at radius 3 is 2.44 bits per heavy atom. The summed E-state index contributed by atoms with van der Waals surface area (Å²) in [6.45, 7) is 1.88. The third-order valence-electron chi connectivity index (χ3n) is 8.43. The zero-order chi connectivity index (χ0) is 32.4. The molecule has 2 N–H and O–H groups in total. The van der Waals surface area contributed by atoms with Gasteiger partial charge in [-0.2, -0.15) is 13.2 Å². The fourth-order valence-corrected chi connectivity index (χ4v) is 6.28. The van der Waals surface area contributed by atoms with Crippen LogP contribution < -0.4 is 9.47 Å². The number of pyridine rings is 1. The van der Waals surface area contributed by atoms with Gasteiger partial charge in [0.1, 0.15) is 6.10 Å². The highest BCUT2D eigenvalue weighted by molar-refractivity contribution is 6.34. The van der Waals surface area contributed by atoms with E-state index in [9.17, 15) is 28.2 Å². The van der Waals surface area contributed by atoms with Gasteiger partial charge in [-0.05, 0) is 48.6 Å². The number of carboxylic acids is 1. The van der Waals surface area contributed by atoms with Crippen LogP contribution in [0.25, 0.3) is 10.9 Å². The number of rotatable bonds is 11. The van der Waals surface area contributed by atoms with Crippen molar-refractivity contribution in [2.24, 2.45) is 0 Å². The molecule has 45 heavy (non-hydrogen) atoms. The molecular formula is C33H35ClF3N3O5. The van der Waals surface area contributed by atoms with Gasteiger partial charge in [0.15, 0.2) is 16.7 Å². The zero-order valence-corrected chi connectivity index (χ0v) is 25.7. The van der Waals surface area contributed by atoms with Crippen LogP contribution in [0, 0.1) is 0 Å². The number of alkyl halides is 3. The van der Waals surface area contributed by atoms with Crippen LogP contribution in [-0.4, -0.2) is 69.7 Å². The maximum Gasteiger partial charge on any atom is 0.422 e. The lowest BCUT2D eigenvalue weighted by molar-refractivity contribution is -0.272. The van der Waals surface area contributed by atoms with E-state index in [0.717, 1.165) is 5.56 Å². The number of hydrogen-bond acceptors (Lipinski definition) is 6. The molecule has 0 bridgehead atoms. The maximum atomic E-state index is 14.8. The average molecular weight is 646 g/mol. The normalized spacial score (nSPS) is 16.8. The predicted molar refractivity (Wildman–Crippen MR) is 164 cm³/mol. The van der Waals surface area contributed by atoms with Crippen molar-refractivity contribution in [3.63, 3.8) is 0 Å². The van der Waals surface area contributed by atoms with Crippen molar-refractivity contribution in [2.45, 2.75) is 56.5 Å². The fourth-order valence-electron chi connectivity index (χ4n) is 6.01. The van der Waals surface area contributed by atoms with Gasteiger partial charge in [-0.1, -0.05) is 54.9 Å². The van der Waals surface area contributed by atoms with E-state index in [-0.39, 0.29) is 41.8 Å². The van der Waals surface area contributed by atoms with Crippen LogP contribution in [0.3, 0.4) is 0 Å². The van der Waals surface area contributed by atoms with Crippen LogP contribution in [0.4, 0.5) is 13.2 Å². The number of carboxylic acid groups (broad SMARTS) is 1. The second-order valence-corrected chi connectivity index (χ2v) is 11.7. The lowest BCUT2D eigenvalue weighted by Gasteiger charge is -2.39. The van der Waals surface area contributed by atoms with Gasteiger partial charge in [0.25, 0.3) is 0 Å². The Kier molecular flexibility index (Phi) is 9.62. The number of carbonyl (C=O) groups is 1. The Bertz CT molecular complexity index is 1640. The number of aromatic nitrogens is 2. The number of halogens is 4. The second-order valence-electron chi connectivity index (χ2n) is 11.3. The summed E-state index contributed by atoms with van der Waals surface area (Å²) in [6.07, 6.45) is -1.38. The van der Waals surface area contributed by atoms with Crippen LogP contribution in [0.5, 0.6) is 11.5 Å². The summed E-state index contributed by atoms with van der Waals surface area (Å²) in [7, 11) is 1.47. The van der Waals surface area contributed by atoms with Crippen molar-refractivity contribution in [3.05, 3.63) is 88.8 Å². The largest absolute Gasteiger partial charge is 0.493 e. The van der Waals surface area contributed by atoms with E-state index < -0.39 is 30.2 Å². The zero-order valence-electron chi connectivity index (χ0n) is 24.9. The van der Waals surface area contributed by atoms with E-state index in [0.29, 0.717) is 41.8 Å². The van der Waals surface area contributed by atoms with E-state index in [4.69, 9.17) is 21.1 Å². The molecule has 0 saturated carbocycles. The molecule has 4 aromatic rings. The molecule has 2 unspecified atom stereocenters. The monoisotopic (exact) mass is 645 g/mol. The van der Waals surface area contributed by atoms with Crippen LogP contribution in [-0.2, 0) is 16.9 Å². The lowest BCUT2D eigenvalue weighted by atomic mass is 9.91. The third-order valence-corrected chi connectivity index (χ3v) is 8.71. The molecule has 2 aromatic carbocycles. The number of β-amino-alcohol motifs (C(OH)–C–C–N with tert-alkyl or cyclic N) is 1. The van der Waals surface area contributed by atoms with E-state index in [1.807, 2.05) is 30.3 Å². The summed E-state index contributed by atoms with van der Waals surface area (Å²) in [6, 6.07) is 15.7. The molecule has 3 heterocycles. The lowest BCUT2D eigenvalue weighted by Crippen LogP contribution is -2.53. The number of ether oxygens (including phenoxy) is 2. The molecule has 1 aliphatic rings. The van der Waals surface area contributed by atoms with Crippen LogP contribution >= 0.6 is 11.6 Å². The summed E-state index contributed by atoms with van der Waals surface area (Å²) in [5.41, 5.74) is -1.68. The Morgan fingerprint density at radius 2 is 1.82 bits per heavy atom. The highest BCUT2D eigenvalue weighted by Gasteiger charge is 2.57. The molecule has 0 spiro atoms. The summed E-state index contributed by atoms with van der Waals surface area (Å²) >= 11 is 6.39. The minimum absolute atomic E-state index is 0.0498. The number of nitrogens with zero attached hydrogens (tertiary/aromatic N) is 3. The summed E-state index contributed by atoms with van der Waals surface area (Å²) in [5.74, 6) is -0.785.